The lowest BCUT2D eigenvalue weighted by Crippen LogP contribution is -2.17. The fourth-order valence-electron chi connectivity index (χ4n) is 2.49. The van der Waals surface area contributed by atoms with Crippen LogP contribution < -0.4 is 10.6 Å². The number of halogens is 1. The largest absolute Gasteiger partial charge is 0.465 e. The molecule has 0 atom stereocenters. The Kier molecular flexibility index (Phi) is 5.86. The van der Waals surface area contributed by atoms with Gasteiger partial charge in [-0.25, -0.2) is 4.79 Å². The van der Waals surface area contributed by atoms with Crippen LogP contribution >= 0.6 is 11.6 Å². The summed E-state index contributed by atoms with van der Waals surface area (Å²) in [6.07, 6.45) is 0. The van der Waals surface area contributed by atoms with Gasteiger partial charge < -0.3 is 15.4 Å². The number of nitrogens with zero attached hydrogens (tertiary/aromatic N) is 2. The van der Waals surface area contributed by atoms with Crippen molar-refractivity contribution in [1.82, 2.24) is 10.2 Å². The number of benzene rings is 2. The Morgan fingerprint density at radius 1 is 1.00 bits per heavy atom. The first-order valence-electron chi connectivity index (χ1n) is 8.33. The summed E-state index contributed by atoms with van der Waals surface area (Å²) in [6.45, 7) is 1.92. The summed E-state index contributed by atoms with van der Waals surface area (Å²) in [4.78, 5) is 24.2. The van der Waals surface area contributed by atoms with Gasteiger partial charge in [-0.3, -0.25) is 4.79 Å². The highest BCUT2D eigenvalue weighted by Gasteiger charge is 2.15. The Labute approximate surface area is 166 Å². The van der Waals surface area contributed by atoms with E-state index in [1.54, 1.807) is 36.4 Å². The van der Waals surface area contributed by atoms with Gasteiger partial charge in [-0.1, -0.05) is 23.7 Å². The minimum Gasteiger partial charge on any atom is -0.465 e. The highest BCUT2D eigenvalue weighted by Crippen LogP contribution is 2.22. The van der Waals surface area contributed by atoms with Crippen molar-refractivity contribution in [2.45, 2.75) is 6.92 Å². The number of aryl methyl sites for hydroxylation is 1. The molecule has 0 bridgehead atoms. The lowest BCUT2D eigenvalue weighted by molar-refractivity contribution is 0.0602. The van der Waals surface area contributed by atoms with E-state index < -0.39 is 11.9 Å². The molecule has 2 N–H and O–H groups in total. The molecule has 0 spiro atoms. The van der Waals surface area contributed by atoms with E-state index in [2.05, 4.69) is 20.8 Å². The summed E-state index contributed by atoms with van der Waals surface area (Å²) in [5.74, 6) is -0.546. The summed E-state index contributed by atoms with van der Waals surface area (Å²) in [6, 6.07) is 15.2. The third-order valence-electron chi connectivity index (χ3n) is 3.93. The van der Waals surface area contributed by atoms with Crippen molar-refractivity contribution in [3.63, 3.8) is 0 Å². The number of methoxy groups -OCH3 is 1. The van der Waals surface area contributed by atoms with Crippen molar-refractivity contribution in [2.24, 2.45) is 0 Å². The zero-order valence-electron chi connectivity index (χ0n) is 15.2. The van der Waals surface area contributed by atoms with Crippen molar-refractivity contribution < 1.29 is 14.3 Å². The summed E-state index contributed by atoms with van der Waals surface area (Å²) in [5.41, 5.74) is 2.49. The number of carbonyl (C=O) groups excluding carboxylic acids is 2. The van der Waals surface area contributed by atoms with Gasteiger partial charge in [0.2, 0.25) is 0 Å². The number of amides is 1. The van der Waals surface area contributed by atoms with E-state index >= 15 is 0 Å². The number of nitrogens with one attached hydrogen (secondary N) is 2. The van der Waals surface area contributed by atoms with Crippen LogP contribution in [0.25, 0.3) is 0 Å². The van der Waals surface area contributed by atoms with Gasteiger partial charge >= 0.3 is 5.97 Å². The molecule has 0 aliphatic rings. The molecule has 0 aliphatic heterocycles. The molecule has 0 saturated heterocycles. The summed E-state index contributed by atoms with van der Waals surface area (Å²) in [5, 5.41) is 14.4. The molecule has 3 aromatic rings. The Morgan fingerprint density at radius 3 is 2.46 bits per heavy atom. The van der Waals surface area contributed by atoms with Gasteiger partial charge in [0.25, 0.3) is 5.91 Å². The van der Waals surface area contributed by atoms with Crippen molar-refractivity contribution in [2.75, 3.05) is 17.7 Å². The smallest absolute Gasteiger partial charge is 0.339 e. The first-order valence-corrected chi connectivity index (χ1v) is 8.71. The number of aromatic nitrogens is 2. The number of esters is 1. The number of rotatable bonds is 5. The number of carbonyl (C=O) groups is 2. The monoisotopic (exact) mass is 396 g/mol. The number of hydrogen-bond acceptors (Lipinski definition) is 6. The maximum absolute atomic E-state index is 12.4. The van der Waals surface area contributed by atoms with Crippen LogP contribution in [0.2, 0.25) is 5.02 Å². The summed E-state index contributed by atoms with van der Waals surface area (Å²) < 4.78 is 4.72. The van der Waals surface area contributed by atoms with Crippen LogP contribution in [-0.2, 0) is 4.74 Å². The van der Waals surface area contributed by atoms with Crippen molar-refractivity contribution in [3.8, 4) is 0 Å². The maximum Gasteiger partial charge on any atom is 0.339 e. The van der Waals surface area contributed by atoms with E-state index in [1.807, 2.05) is 19.1 Å². The molecule has 1 heterocycles. The van der Waals surface area contributed by atoms with Crippen LogP contribution in [0.15, 0.2) is 54.6 Å². The van der Waals surface area contributed by atoms with Crippen molar-refractivity contribution >= 4 is 40.7 Å². The first kappa shape index (κ1) is 19.3. The third-order valence-corrected chi connectivity index (χ3v) is 4.16. The van der Waals surface area contributed by atoms with Gasteiger partial charge in [0, 0.05) is 10.7 Å². The lowest BCUT2D eigenvalue weighted by atomic mass is 10.1. The Bertz CT molecular complexity index is 1020. The molecular weight excluding hydrogens is 380 g/mol. The molecule has 0 saturated carbocycles. The average Bonchev–Trinajstić information content (AvgIpc) is 2.70. The molecule has 1 aromatic heterocycles. The second-order valence-electron chi connectivity index (χ2n) is 5.88. The Morgan fingerprint density at radius 2 is 1.79 bits per heavy atom. The highest BCUT2D eigenvalue weighted by atomic mass is 35.5. The highest BCUT2D eigenvalue weighted by molar-refractivity contribution is 6.30. The summed E-state index contributed by atoms with van der Waals surface area (Å²) in [7, 11) is 1.28. The second kappa shape index (κ2) is 8.49. The Hall–Kier alpha value is -3.45. The lowest BCUT2D eigenvalue weighted by Gasteiger charge is -2.10. The van der Waals surface area contributed by atoms with Crippen LogP contribution in [0.4, 0.5) is 17.2 Å². The predicted octanol–water partition coefficient (Wildman–Crippen LogP) is 4.22. The van der Waals surface area contributed by atoms with E-state index in [4.69, 9.17) is 16.3 Å². The fourth-order valence-corrected chi connectivity index (χ4v) is 2.72. The molecule has 1 amide bonds. The molecule has 8 heteroatoms. The molecule has 0 unspecified atom stereocenters. The molecular formula is C20H17ClN4O3. The van der Waals surface area contributed by atoms with Gasteiger partial charge in [0.15, 0.2) is 11.5 Å². The van der Waals surface area contributed by atoms with Crippen molar-refractivity contribution in [1.29, 1.82) is 0 Å². The quantitative estimate of drug-likeness (QED) is 0.627. The van der Waals surface area contributed by atoms with E-state index in [1.165, 1.54) is 13.2 Å². The minimum atomic E-state index is -0.542. The van der Waals surface area contributed by atoms with Crippen LogP contribution in [0.3, 0.4) is 0 Å². The second-order valence-corrected chi connectivity index (χ2v) is 6.32. The third kappa shape index (κ3) is 4.44. The first-order chi connectivity index (χ1) is 13.5. The topological polar surface area (TPSA) is 93.2 Å². The van der Waals surface area contributed by atoms with Crippen LogP contribution in [0.1, 0.15) is 26.4 Å². The van der Waals surface area contributed by atoms with Gasteiger partial charge in [-0.2, -0.15) is 0 Å². The van der Waals surface area contributed by atoms with E-state index in [0.29, 0.717) is 16.5 Å². The molecule has 0 radical (unpaired) electrons. The summed E-state index contributed by atoms with van der Waals surface area (Å²) >= 11 is 5.95. The van der Waals surface area contributed by atoms with Gasteiger partial charge in [0.1, 0.15) is 0 Å². The zero-order valence-corrected chi connectivity index (χ0v) is 15.9. The number of anilines is 3. The molecule has 142 valence electrons. The normalized spacial score (nSPS) is 10.2. The molecule has 2 aromatic carbocycles. The maximum atomic E-state index is 12.4. The fraction of sp³-hybridized carbons (Fsp3) is 0.100. The Balaban J connectivity index is 1.73. The zero-order chi connectivity index (χ0) is 20.1. The van der Waals surface area contributed by atoms with E-state index in [0.717, 1.165) is 11.3 Å². The van der Waals surface area contributed by atoms with Gasteiger partial charge in [0.05, 0.1) is 18.4 Å². The SMILES string of the molecule is COC(=O)c1ccccc1NC(=O)c1ccc(Nc2ccc(Cl)cc2C)nn1. The number of ether oxygens (including phenoxy) is 1. The minimum absolute atomic E-state index is 0.109. The standard InChI is InChI=1S/C20H17ClN4O3/c1-12-11-13(21)7-8-15(12)22-18-10-9-17(24-25-18)19(26)23-16-6-4-3-5-14(16)20(27)28-2/h3-11H,1-2H3,(H,22,25)(H,23,26). The number of hydrogen-bond donors (Lipinski definition) is 2. The van der Waals surface area contributed by atoms with Crippen LogP contribution in [-0.4, -0.2) is 29.2 Å². The van der Waals surface area contributed by atoms with Crippen LogP contribution in [0, 0.1) is 6.92 Å². The van der Waals surface area contributed by atoms with E-state index in [-0.39, 0.29) is 11.3 Å². The van der Waals surface area contributed by atoms with Crippen molar-refractivity contribution in [3.05, 3.63) is 76.4 Å². The van der Waals surface area contributed by atoms with Gasteiger partial charge in [-0.15, -0.1) is 10.2 Å². The van der Waals surface area contributed by atoms with Crippen LogP contribution in [0.5, 0.6) is 0 Å². The molecule has 0 fully saturated rings. The van der Waals surface area contributed by atoms with E-state index in [9.17, 15) is 9.59 Å². The predicted molar refractivity (Wildman–Crippen MR) is 107 cm³/mol. The molecule has 7 nitrogen and oxygen atoms in total. The van der Waals surface area contributed by atoms with Gasteiger partial charge in [-0.05, 0) is 55.0 Å². The molecule has 3 rings (SSSR count). The number of para-hydroxylation sites is 1. The average molecular weight is 397 g/mol. The molecule has 28 heavy (non-hydrogen) atoms. The molecule has 0 aliphatic carbocycles.